The molecule has 0 amide bonds. The lowest BCUT2D eigenvalue weighted by Gasteiger charge is -2.04. The molecule has 4 aromatic rings. The average Bonchev–Trinajstić information content (AvgIpc) is 3.16. The minimum Gasteiger partial charge on any atom is -0.397 e. The highest BCUT2D eigenvalue weighted by Gasteiger charge is 2.18. The lowest BCUT2D eigenvalue weighted by molar-refractivity contribution is 0.507. The van der Waals surface area contributed by atoms with Crippen molar-refractivity contribution in [3.8, 4) is 10.7 Å². The van der Waals surface area contributed by atoms with E-state index in [0.29, 0.717) is 28.0 Å². The molecule has 1 aromatic carbocycles. The molecule has 3 heterocycles. The van der Waals surface area contributed by atoms with Gasteiger partial charge in [0.05, 0.1) is 10.6 Å². The Bertz CT molecular complexity index is 1110. The van der Waals surface area contributed by atoms with E-state index in [4.69, 9.17) is 5.73 Å². The van der Waals surface area contributed by atoms with Crippen LogP contribution in [0, 0.1) is 11.6 Å². The zero-order chi connectivity index (χ0) is 18.3. The zero-order valence-corrected chi connectivity index (χ0v) is 15.2. The molecule has 132 valence electrons. The second-order valence-electron chi connectivity index (χ2n) is 5.60. The van der Waals surface area contributed by atoms with E-state index in [1.54, 1.807) is 12.3 Å². The van der Waals surface area contributed by atoms with Crippen molar-refractivity contribution in [1.29, 1.82) is 0 Å². The van der Waals surface area contributed by atoms with E-state index in [0.717, 1.165) is 21.2 Å². The van der Waals surface area contributed by atoms with Crippen molar-refractivity contribution in [2.75, 3.05) is 5.73 Å². The zero-order valence-electron chi connectivity index (χ0n) is 13.6. The summed E-state index contributed by atoms with van der Waals surface area (Å²) in [5.41, 5.74) is 7.55. The van der Waals surface area contributed by atoms with E-state index in [2.05, 4.69) is 15.2 Å². The molecule has 2 N–H and O–H groups in total. The van der Waals surface area contributed by atoms with Gasteiger partial charge in [-0.2, -0.15) is 0 Å². The van der Waals surface area contributed by atoms with Crippen molar-refractivity contribution in [1.82, 2.24) is 19.7 Å². The number of aromatic nitrogens is 4. The standard InChI is InChI=1S/C17H13F2N5S2/c1-24-15(14-13(20)10-3-2-6-21-16(10)26-14)22-23-17(24)25-8-9-4-5-11(18)12(19)7-9/h2-7H,8,20H2,1H3. The lowest BCUT2D eigenvalue weighted by Crippen LogP contribution is -1.96. The van der Waals surface area contributed by atoms with Crippen molar-refractivity contribution in [3.05, 3.63) is 53.7 Å². The van der Waals surface area contributed by atoms with E-state index < -0.39 is 11.6 Å². The van der Waals surface area contributed by atoms with Crippen LogP contribution in [0.3, 0.4) is 0 Å². The molecule has 0 aliphatic carbocycles. The van der Waals surface area contributed by atoms with Crippen molar-refractivity contribution < 1.29 is 8.78 Å². The summed E-state index contributed by atoms with van der Waals surface area (Å²) in [6, 6.07) is 7.63. The molecular weight excluding hydrogens is 376 g/mol. The Kier molecular flexibility index (Phi) is 4.33. The molecule has 9 heteroatoms. The van der Waals surface area contributed by atoms with Gasteiger partial charge < -0.3 is 10.3 Å². The number of nitrogens with zero attached hydrogens (tertiary/aromatic N) is 4. The van der Waals surface area contributed by atoms with E-state index in [1.165, 1.54) is 29.2 Å². The summed E-state index contributed by atoms with van der Waals surface area (Å²) in [5.74, 6) is -0.605. The monoisotopic (exact) mass is 389 g/mol. The normalized spacial score (nSPS) is 11.3. The minimum atomic E-state index is -0.854. The Labute approximate surface area is 155 Å². The van der Waals surface area contributed by atoms with Crippen molar-refractivity contribution in [2.24, 2.45) is 7.05 Å². The first-order valence-electron chi connectivity index (χ1n) is 7.64. The van der Waals surface area contributed by atoms with Crippen molar-refractivity contribution in [2.45, 2.75) is 10.9 Å². The SMILES string of the molecule is Cn1c(SCc2ccc(F)c(F)c2)nnc1-c1sc2ncccc2c1N. The summed E-state index contributed by atoms with van der Waals surface area (Å²) in [6.45, 7) is 0. The number of anilines is 1. The molecule has 0 aliphatic rings. The Balaban J connectivity index is 1.61. The fourth-order valence-electron chi connectivity index (χ4n) is 2.53. The van der Waals surface area contributed by atoms with Crippen LogP contribution in [0.15, 0.2) is 41.7 Å². The number of hydrogen-bond acceptors (Lipinski definition) is 6. The van der Waals surface area contributed by atoms with Gasteiger partial charge in [-0.15, -0.1) is 21.5 Å². The molecule has 0 saturated heterocycles. The summed E-state index contributed by atoms with van der Waals surface area (Å²) < 4.78 is 28.2. The van der Waals surface area contributed by atoms with Gasteiger partial charge in [-0.1, -0.05) is 17.8 Å². The Morgan fingerprint density at radius 3 is 2.81 bits per heavy atom. The van der Waals surface area contributed by atoms with Crippen LogP contribution >= 0.6 is 23.1 Å². The molecule has 0 radical (unpaired) electrons. The van der Waals surface area contributed by atoms with E-state index >= 15 is 0 Å². The predicted octanol–water partition coefficient (Wildman–Crippen LogP) is 4.24. The second kappa shape index (κ2) is 6.65. The number of fused-ring (bicyclic) bond motifs is 1. The number of nitrogen functional groups attached to an aromatic ring is 1. The number of benzene rings is 1. The van der Waals surface area contributed by atoms with Gasteiger partial charge >= 0.3 is 0 Å². The highest BCUT2D eigenvalue weighted by Crippen LogP contribution is 2.39. The molecule has 0 aliphatic heterocycles. The molecule has 0 fully saturated rings. The summed E-state index contributed by atoms with van der Waals surface area (Å²) in [6.07, 6.45) is 1.72. The lowest BCUT2D eigenvalue weighted by atomic mass is 10.2. The largest absolute Gasteiger partial charge is 0.397 e. The summed E-state index contributed by atoms with van der Waals surface area (Å²) >= 11 is 2.85. The van der Waals surface area contributed by atoms with Gasteiger partial charge in [0.1, 0.15) is 4.83 Å². The van der Waals surface area contributed by atoms with Crippen molar-refractivity contribution in [3.63, 3.8) is 0 Å². The number of rotatable bonds is 4. The number of hydrogen-bond donors (Lipinski definition) is 1. The first kappa shape index (κ1) is 16.9. The minimum absolute atomic E-state index is 0.451. The van der Waals surface area contributed by atoms with E-state index in [9.17, 15) is 8.78 Å². The smallest absolute Gasteiger partial charge is 0.191 e. The third-order valence-corrected chi connectivity index (χ3v) is 6.11. The van der Waals surface area contributed by atoms with Crippen LogP contribution in [0.2, 0.25) is 0 Å². The van der Waals surface area contributed by atoms with Crippen LogP contribution in [0.4, 0.5) is 14.5 Å². The summed E-state index contributed by atoms with van der Waals surface area (Å²) in [7, 11) is 1.85. The van der Waals surface area contributed by atoms with Gasteiger partial charge in [0.25, 0.3) is 0 Å². The Hall–Kier alpha value is -2.52. The third kappa shape index (κ3) is 2.93. The first-order chi connectivity index (χ1) is 12.5. The number of thioether (sulfide) groups is 1. The van der Waals surface area contributed by atoms with Crippen LogP contribution in [-0.2, 0) is 12.8 Å². The molecule has 3 aromatic heterocycles. The quantitative estimate of drug-likeness (QED) is 0.529. The highest BCUT2D eigenvalue weighted by atomic mass is 32.2. The number of nitrogens with two attached hydrogens (primary N) is 1. The fourth-order valence-corrected chi connectivity index (χ4v) is 4.47. The molecule has 26 heavy (non-hydrogen) atoms. The molecule has 0 bridgehead atoms. The molecule has 5 nitrogen and oxygen atoms in total. The topological polar surface area (TPSA) is 69.6 Å². The third-order valence-electron chi connectivity index (χ3n) is 3.89. The number of halogens is 2. The van der Waals surface area contributed by atoms with Gasteiger partial charge in [0.2, 0.25) is 0 Å². The van der Waals surface area contributed by atoms with Gasteiger partial charge in [-0.3, -0.25) is 0 Å². The predicted molar refractivity (Wildman–Crippen MR) is 99.9 cm³/mol. The van der Waals surface area contributed by atoms with E-state index in [-0.39, 0.29) is 0 Å². The second-order valence-corrected chi connectivity index (χ2v) is 7.54. The van der Waals surface area contributed by atoms with Crippen LogP contribution in [0.5, 0.6) is 0 Å². The average molecular weight is 389 g/mol. The maximum Gasteiger partial charge on any atom is 0.191 e. The Morgan fingerprint density at radius 1 is 1.19 bits per heavy atom. The Morgan fingerprint density at radius 2 is 2.04 bits per heavy atom. The molecule has 4 rings (SSSR count). The van der Waals surface area contributed by atoms with Crippen LogP contribution in [-0.4, -0.2) is 19.7 Å². The maximum atomic E-state index is 13.3. The summed E-state index contributed by atoms with van der Waals surface area (Å²) in [4.78, 5) is 5.99. The molecule has 0 saturated carbocycles. The van der Waals surface area contributed by atoms with Gasteiger partial charge in [-0.05, 0) is 29.8 Å². The van der Waals surface area contributed by atoms with Crippen LogP contribution in [0.1, 0.15) is 5.56 Å². The number of thiophene rings is 1. The van der Waals surface area contributed by atoms with Crippen LogP contribution < -0.4 is 5.73 Å². The van der Waals surface area contributed by atoms with Crippen molar-refractivity contribution >= 4 is 39.0 Å². The number of pyridine rings is 1. The van der Waals surface area contributed by atoms with E-state index in [1.807, 2.05) is 23.7 Å². The van der Waals surface area contributed by atoms with Gasteiger partial charge in [-0.25, -0.2) is 13.8 Å². The fraction of sp³-hybridized carbons (Fsp3) is 0.118. The highest BCUT2D eigenvalue weighted by molar-refractivity contribution is 7.98. The van der Waals surface area contributed by atoms with Gasteiger partial charge in [0.15, 0.2) is 22.6 Å². The molecule has 0 atom stereocenters. The molecule has 0 unspecified atom stereocenters. The first-order valence-corrected chi connectivity index (χ1v) is 9.44. The summed E-state index contributed by atoms with van der Waals surface area (Å²) in [5, 5.41) is 10.0. The van der Waals surface area contributed by atoms with Crippen LogP contribution in [0.25, 0.3) is 20.9 Å². The molecule has 0 spiro atoms. The maximum absolute atomic E-state index is 13.3. The molecular formula is C17H13F2N5S2. The van der Waals surface area contributed by atoms with Gasteiger partial charge in [0, 0.05) is 24.4 Å².